The van der Waals surface area contributed by atoms with Crippen molar-refractivity contribution in [3.8, 4) is 17.2 Å². The smallest absolute Gasteiger partial charge is 0.199 e. The lowest BCUT2D eigenvalue weighted by molar-refractivity contribution is -0.106. The molecule has 0 aromatic heterocycles. The van der Waals surface area contributed by atoms with Gasteiger partial charge in [0.05, 0.1) is 20.8 Å². The quantitative estimate of drug-likeness (QED) is 0.532. The van der Waals surface area contributed by atoms with Crippen molar-refractivity contribution in [1.29, 1.82) is 0 Å². The second-order valence-electron chi connectivity index (χ2n) is 6.23. The van der Waals surface area contributed by atoms with Crippen LogP contribution < -0.4 is 14.2 Å². The van der Waals surface area contributed by atoms with E-state index in [-0.39, 0.29) is 12.1 Å². The molecule has 2 aromatic carbocycles. The Bertz CT molecular complexity index is 792. The van der Waals surface area contributed by atoms with Crippen molar-refractivity contribution in [1.82, 2.24) is 0 Å². The molecule has 1 aliphatic rings. The Balaban J connectivity index is 1.92. The minimum atomic E-state index is -0.375. The van der Waals surface area contributed by atoms with Crippen molar-refractivity contribution < 1.29 is 23.7 Å². The highest BCUT2D eigenvalue weighted by molar-refractivity contribution is 6.10. The molecular weight excluding hydrogens is 344 g/mol. The highest BCUT2D eigenvalue weighted by Crippen LogP contribution is 2.36. The number of allylic oxidation sites excluding steroid dienone is 1. The van der Waals surface area contributed by atoms with Crippen LogP contribution in [0.15, 0.2) is 48.5 Å². The lowest BCUT2D eigenvalue weighted by Crippen LogP contribution is -2.25. The molecule has 3 rings (SSSR count). The first kappa shape index (κ1) is 19.0. The topological polar surface area (TPSA) is 54.0 Å². The van der Waals surface area contributed by atoms with Gasteiger partial charge in [-0.2, -0.15) is 0 Å². The Hall–Kier alpha value is -2.79. The van der Waals surface area contributed by atoms with Gasteiger partial charge in [-0.3, -0.25) is 4.79 Å². The van der Waals surface area contributed by atoms with Gasteiger partial charge in [-0.1, -0.05) is 36.4 Å². The third-order valence-corrected chi connectivity index (χ3v) is 4.36. The molecule has 5 nitrogen and oxygen atoms in total. The van der Waals surface area contributed by atoms with Crippen LogP contribution >= 0.6 is 0 Å². The number of carbonyl (C=O) groups excluding carboxylic acids is 1. The van der Waals surface area contributed by atoms with Crippen molar-refractivity contribution in [3.05, 3.63) is 59.7 Å². The fraction of sp³-hybridized carbons (Fsp3) is 0.318. The molecule has 1 atom stereocenters. The summed E-state index contributed by atoms with van der Waals surface area (Å²) in [6.45, 7) is 0.656. The fourth-order valence-electron chi connectivity index (χ4n) is 2.95. The van der Waals surface area contributed by atoms with Gasteiger partial charge >= 0.3 is 0 Å². The summed E-state index contributed by atoms with van der Waals surface area (Å²) in [4.78, 5) is 12.9. The molecular formula is C22H24O5. The minimum Gasteiger partial charge on any atom is -0.496 e. The Morgan fingerprint density at radius 2 is 1.85 bits per heavy atom. The summed E-state index contributed by atoms with van der Waals surface area (Å²) in [6, 6.07) is 13.0. The maximum atomic E-state index is 12.9. The van der Waals surface area contributed by atoms with E-state index in [9.17, 15) is 4.79 Å². The highest BCUT2D eigenvalue weighted by Gasteiger charge is 2.23. The first-order valence-electron chi connectivity index (χ1n) is 9.03. The Kier molecular flexibility index (Phi) is 6.49. The summed E-state index contributed by atoms with van der Waals surface area (Å²) in [5.41, 5.74) is 1.30. The first-order valence-corrected chi connectivity index (χ1v) is 9.03. The number of rotatable bonds is 7. The van der Waals surface area contributed by atoms with E-state index in [0.29, 0.717) is 29.4 Å². The Labute approximate surface area is 159 Å². The van der Waals surface area contributed by atoms with Crippen LogP contribution in [-0.2, 0) is 4.74 Å². The van der Waals surface area contributed by atoms with Gasteiger partial charge in [0.1, 0.15) is 22.8 Å². The number of methoxy groups -OCH3 is 2. The van der Waals surface area contributed by atoms with Crippen molar-refractivity contribution >= 4 is 11.9 Å². The first-order chi connectivity index (χ1) is 13.2. The zero-order chi connectivity index (χ0) is 19.1. The maximum absolute atomic E-state index is 12.9. The van der Waals surface area contributed by atoms with Crippen LogP contribution in [0.5, 0.6) is 17.2 Å². The van der Waals surface area contributed by atoms with Gasteiger partial charge in [0.15, 0.2) is 12.1 Å². The molecule has 1 fully saturated rings. The van der Waals surface area contributed by atoms with Gasteiger partial charge in [-0.25, -0.2) is 0 Å². The van der Waals surface area contributed by atoms with Crippen LogP contribution in [0.2, 0.25) is 0 Å². The summed E-state index contributed by atoms with van der Waals surface area (Å²) in [7, 11) is 3.08. The van der Waals surface area contributed by atoms with E-state index in [1.165, 1.54) is 13.2 Å². The molecule has 27 heavy (non-hydrogen) atoms. The summed E-state index contributed by atoms with van der Waals surface area (Å²) in [5, 5.41) is 0. The van der Waals surface area contributed by atoms with Crippen LogP contribution in [0.3, 0.4) is 0 Å². The second-order valence-corrected chi connectivity index (χ2v) is 6.23. The predicted octanol–water partition coefficient (Wildman–Crippen LogP) is 4.51. The molecule has 5 heteroatoms. The van der Waals surface area contributed by atoms with Gasteiger partial charge < -0.3 is 18.9 Å². The average Bonchev–Trinajstić information content (AvgIpc) is 2.72. The van der Waals surface area contributed by atoms with Crippen LogP contribution in [0.25, 0.3) is 6.08 Å². The third kappa shape index (κ3) is 4.89. The molecule has 0 aliphatic carbocycles. The van der Waals surface area contributed by atoms with Crippen molar-refractivity contribution in [2.24, 2.45) is 0 Å². The van der Waals surface area contributed by atoms with Crippen LogP contribution in [0, 0.1) is 0 Å². The summed E-state index contributed by atoms with van der Waals surface area (Å²) < 4.78 is 22.4. The van der Waals surface area contributed by atoms with Gasteiger partial charge in [-0.05, 0) is 24.5 Å². The largest absolute Gasteiger partial charge is 0.496 e. The molecule has 0 amide bonds. The van der Waals surface area contributed by atoms with Crippen LogP contribution in [-0.4, -0.2) is 32.9 Å². The van der Waals surface area contributed by atoms with E-state index >= 15 is 0 Å². The molecule has 0 saturated carbocycles. The van der Waals surface area contributed by atoms with Crippen molar-refractivity contribution in [3.63, 3.8) is 0 Å². The number of hydrogen-bond donors (Lipinski definition) is 0. The zero-order valence-electron chi connectivity index (χ0n) is 15.6. The molecule has 1 saturated heterocycles. The summed E-state index contributed by atoms with van der Waals surface area (Å²) in [6.07, 6.45) is 5.75. The van der Waals surface area contributed by atoms with Gasteiger partial charge in [0.2, 0.25) is 0 Å². The van der Waals surface area contributed by atoms with Crippen molar-refractivity contribution in [2.75, 3.05) is 20.8 Å². The second kappa shape index (κ2) is 9.24. The standard InChI is InChI=1S/C22H24O5/c1-24-17-14-19(25-2)22(18(23)12-11-16-8-4-3-5-9-16)20(15-17)27-21-10-6-7-13-26-21/h3-5,8-9,11-12,14-15,21H,6-7,10,13H2,1-2H3/b12-11+. The number of hydrogen-bond acceptors (Lipinski definition) is 5. The van der Waals surface area contributed by atoms with Crippen LogP contribution in [0.1, 0.15) is 35.2 Å². The molecule has 2 aromatic rings. The molecule has 0 N–H and O–H groups in total. The van der Waals surface area contributed by atoms with Gasteiger partial charge in [0, 0.05) is 18.6 Å². The molecule has 1 unspecified atom stereocenters. The van der Waals surface area contributed by atoms with Crippen LogP contribution in [0.4, 0.5) is 0 Å². The zero-order valence-corrected chi connectivity index (χ0v) is 15.6. The lowest BCUT2D eigenvalue weighted by atomic mass is 10.1. The predicted molar refractivity (Wildman–Crippen MR) is 104 cm³/mol. The van der Waals surface area contributed by atoms with Gasteiger partial charge in [0.25, 0.3) is 0 Å². The summed E-state index contributed by atoms with van der Waals surface area (Å²) >= 11 is 0. The number of benzene rings is 2. The Morgan fingerprint density at radius 3 is 2.52 bits per heavy atom. The van der Waals surface area contributed by atoms with E-state index in [4.69, 9.17) is 18.9 Å². The lowest BCUT2D eigenvalue weighted by Gasteiger charge is -2.25. The van der Waals surface area contributed by atoms with E-state index in [1.807, 2.05) is 30.3 Å². The third-order valence-electron chi connectivity index (χ3n) is 4.36. The van der Waals surface area contributed by atoms with E-state index in [2.05, 4.69) is 0 Å². The molecule has 0 radical (unpaired) electrons. The Morgan fingerprint density at radius 1 is 1.07 bits per heavy atom. The average molecular weight is 368 g/mol. The highest BCUT2D eigenvalue weighted by atomic mass is 16.7. The SMILES string of the molecule is COc1cc(OC)c(C(=O)/C=C/c2ccccc2)c(OC2CCCCO2)c1. The number of ketones is 1. The molecule has 1 aliphatic heterocycles. The molecule has 142 valence electrons. The maximum Gasteiger partial charge on any atom is 0.199 e. The number of carbonyl (C=O) groups is 1. The van der Waals surface area contributed by atoms with Crippen molar-refractivity contribution in [2.45, 2.75) is 25.6 Å². The van der Waals surface area contributed by atoms with E-state index in [0.717, 1.165) is 24.8 Å². The number of ether oxygens (including phenoxy) is 4. The molecule has 0 bridgehead atoms. The monoisotopic (exact) mass is 368 g/mol. The molecule has 1 heterocycles. The van der Waals surface area contributed by atoms with E-state index in [1.54, 1.807) is 25.3 Å². The minimum absolute atomic E-state index is 0.204. The summed E-state index contributed by atoms with van der Waals surface area (Å²) in [5.74, 6) is 1.16. The van der Waals surface area contributed by atoms with Gasteiger partial charge in [-0.15, -0.1) is 0 Å². The fourth-order valence-corrected chi connectivity index (χ4v) is 2.95. The molecule has 0 spiro atoms. The van der Waals surface area contributed by atoms with E-state index < -0.39 is 0 Å². The normalized spacial score (nSPS) is 16.9.